The van der Waals surface area contributed by atoms with Gasteiger partial charge in [0.2, 0.25) is 0 Å². The Balaban J connectivity index is 2.70. The molecule has 0 aliphatic rings. The molecule has 0 aliphatic heterocycles. The van der Waals surface area contributed by atoms with E-state index in [1.165, 1.54) is 6.07 Å². The molecule has 0 radical (unpaired) electrons. The number of hydrogen-bond donors (Lipinski definition) is 1. The van der Waals surface area contributed by atoms with Crippen LogP contribution in [-0.2, 0) is 0 Å². The maximum Gasteiger partial charge on any atom is 0.167 e. The van der Waals surface area contributed by atoms with Crippen LogP contribution in [0.25, 0.3) is 0 Å². The molecule has 0 aliphatic carbocycles. The van der Waals surface area contributed by atoms with E-state index >= 15 is 0 Å². The van der Waals surface area contributed by atoms with Crippen LogP contribution in [0.5, 0.6) is 5.75 Å². The van der Waals surface area contributed by atoms with Crippen molar-refractivity contribution in [1.82, 2.24) is 5.32 Å². The van der Waals surface area contributed by atoms with Crippen molar-refractivity contribution in [2.45, 2.75) is 19.4 Å². The first kappa shape index (κ1) is 13.4. The van der Waals surface area contributed by atoms with Gasteiger partial charge in [-0.15, -0.1) is 0 Å². The highest BCUT2D eigenvalue weighted by atomic mass is 19.1. The average molecular weight is 240 g/mol. The van der Waals surface area contributed by atoms with Crippen LogP contribution in [-0.4, -0.2) is 18.7 Å². The third-order valence-electron chi connectivity index (χ3n) is 2.22. The predicted octanol–water partition coefficient (Wildman–Crippen LogP) is 2.24. The molecule has 1 aromatic carbocycles. The molecule has 1 atom stereocenters. The number of nitrogens with zero attached hydrogens (tertiary/aromatic N) is 1. The topological polar surface area (TPSA) is 45.0 Å². The zero-order valence-electron chi connectivity index (χ0n) is 9.76. The minimum atomic E-state index is -0.893. The summed E-state index contributed by atoms with van der Waals surface area (Å²) >= 11 is 0. The Morgan fingerprint density at radius 1 is 1.47 bits per heavy atom. The maximum atomic E-state index is 13.2. The SMILES string of the molecule is CCNC(C)(C#N)COc1ccc(F)cc1F. The number of halogens is 2. The van der Waals surface area contributed by atoms with Gasteiger partial charge in [0.15, 0.2) is 11.6 Å². The van der Waals surface area contributed by atoms with Gasteiger partial charge in [-0.3, -0.25) is 5.32 Å². The highest BCUT2D eigenvalue weighted by molar-refractivity contribution is 5.25. The molecule has 1 N–H and O–H groups in total. The zero-order valence-corrected chi connectivity index (χ0v) is 9.76. The third-order valence-corrected chi connectivity index (χ3v) is 2.22. The van der Waals surface area contributed by atoms with Crippen LogP contribution >= 0.6 is 0 Å². The lowest BCUT2D eigenvalue weighted by Crippen LogP contribution is -2.46. The lowest BCUT2D eigenvalue weighted by molar-refractivity contribution is 0.227. The summed E-state index contributed by atoms with van der Waals surface area (Å²) in [5.74, 6) is -1.50. The Labute approximate surface area is 99.0 Å². The molecule has 92 valence electrons. The fourth-order valence-electron chi connectivity index (χ4n) is 1.33. The van der Waals surface area contributed by atoms with Gasteiger partial charge in [-0.25, -0.2) is 8.78 Å². The van der Waals surface area contributed by atoms with Crippen molar-refractivity contribution in [1.29, 1.82) is 5.26 Å². The van der Waals surface area contributed by atoms with Gasteiger partial charge < -0.3 is 4.74 Å². The number of hydrogen-bond acceptors (Lipinski definition) is 3. The second kappa shape index (κ2) is 5.60. The Morgan fingerprint density at radius 2 is 2.18 bits per heavy atom. The summed E-state index contributed by atoms with van der Waals surface area (Å²) in [4.78, 5) is 0. The van der Waals surface area contributed by atoms with Crippen molar-refractivity contribution in [3.05, 3.63) is 29.8 Å². The van der Waals surface area contributed by atoms with Gasteiger partial charge in [-0.1, -0.05) is 6.92 Å². The molecule has 0 fully saturated rings. The molecule has 1 unspecified atom stereocenters. The number of nitrogens with one attached hydrogen (secondary N) is 1. The Morgan fingerprint density at radius 3 is 2.71 bits per heavy atom. The summed E-state index contributed by atoms with van der Waals surface area (Å²) in [5.41, 5.74) is -0.893. The molecular weight excluding hydrogens is 226 g/mol. The first-order chi connectivity index (χ1) is 8.00. The first-order valence-corrected chi connectivity index (χ1v) is 5.25. The van der Waals surface area contributed by atoms with Crippen molar-refractivity contribution in [3.63, 3.8) is 0 Å². The van der Waals surface area contributed by atoms with E-state index in [1.54, 1.807) is 6.92 Å². The highest BCUT2D eigenvalue weighted by Gasteiger charge is 2.23. The molecule has 3 nitrogen and oxygen atoms in total. The summed E-state index contributed by atoms with van der Waals surface area (Å²) in [6.07, 6.45) is 0. The number of likely N-dealkylation sites (N-methyl/N-ethyl adjacent to an activating group) is 1. The van der Waals surface area contributed by atoms with Crippen molar-refractivity contribution >= 4 is 0 Å². The van der Waals surface area contributed by atoms with Gasteiger partial charge in [0.05, 0.1) is 6.07 Å². The van der Waals surface area contributed by atoms with Gasteiger partial charge in [0.25, 0.3) is 0 Å². The van der Waals surface area contributed by atoms with Crippen LogP contribution in [0.15, 0.2) is 18.2 Å². The largest absolute Gasteiger partial charge is 0.487 e. The van der Waals surface area contributed by atoms with Gasteiger partial charge in [0.1, 0.15) is 18.0 Å². The van der Waals surface area contributed by atoms with Crippen LogP contribution < -0.4 is 10.1 Å². The number of benzene rings is 1. The van der Waals surface area contributed by atoms with Gasteiger partial charge in [-0.2, -0.15) is 5.26 Å². The van der Waals surface area contributed by atoms with E-state index in [2.05, 4.69) is 5.32 Å². The molecule has 0 saturated carbocycles. The molecule has 0 spiro atoms. The van der Waals surface area contributed by atoms with Crippen molar-refractivity contribution in [2.24, 2.45) is 0 Å². The van der Waals surface area contributed by atoms with Crippen LogP contribution in [0.4, 0.5) is 8.78 Å². The molecule has 0 aromatic heterocycles. The molecule has 1 aromatic rings. The van der Waals surface area contributed by atoms with Crippen LogP contribution in [0.3, 0.4) is 0 Å². The summed E-state index contributed by atoms with van der Waals surface area (Å²) in [6.45, 7) is 4.09. The fourth-order valence-corrected chi connectivity index (χ4v) is 1.33. The summed E-state index contributed by atoms with van der Waals surface area (Å²) in [7, 11) is 0. The van der Waals surface area contributed by atoms with Crippen molar-refractivity contribution in [3.8, 4) is 11.8 Å². The monoisotopic (exact) mass is 240 g/mol. The van der Waals surface area contributed by atoms with E-state index in [9.17, 15) is 8.78 Å². The predicted molar refractivity (Wildman–Crippen MR) is 59.5 cm³/mol. The highest BCUT2D eigenvalue weighted by Crippen LogP contribution is 2.18. The minimum Gasteiger partial charge on any atom is -0.487 e. The zero-order chi connectivity index (χ0) is 12.9. The number of rotatable bonds is 5. The van der Waals surface area contributed by atoms with Crippen LogP contribution in [0, 0.1) is 23.0 Å². The minimum absolute atomic E-state index is 0.0140. The Hall–Kier alpha value is -1.67. The van der Waals surface area contributed by atoms with Gasteiger partial charge in [0, 0.05) is 6.07 Å². The molecule has 0 amide bonds. The Bertz CT molecular complexity index is 431. The van der Waals surface area contributed by atoms with E-state index in [0.29, 0.717) is 6.54 Å². The molecule has 0 bridgehead atoms. The molecule has 5 heteroatoms. The van der Waals surface area contributed by atoms with E-state index < -0.39 is 17.2 Å². The second-order valence-corrected chi connectivity index (χ2v) is 3.84. The first-order valence-electron chi connectivity index (χ1n) is 5.25. The molecular formula is C12H14F2N2O. The molecule has 0 heterocycles. The number of ether oxygens (including phenoxy) is 1. The quantitative estimate of drug-likeness (QED) is 0.858. The molecule has 1 rings (SSSR count). The van der Waals surface area contributed by atoms with E-state index in [0.717, 1.165) is 12.1 Å². The molecule has 0 saturated heterocycles. The van der Waals surface area contributed by atoms with Crippen LogP contribution in [0.1, 0.15) is 13.8 Å². The smallest absolute Gasteiger partial charge is 0.167 e. The summed E-state index contributed by atoms with van der Waals surface area (Å²) in [5, 5.41) is 11.9. The average Bonchev–Trinajstić information content (AvgIpc) is 2.28. The summed E-state index contributed by atoms with van der Waals surface area (Å²) in [6, 6.07) is 5.10. The Kier molecular flexibility index (Phi) is 4.41. The van der Waals surface area contributed by atoms with E-state index in [1.807, 2.05) is 13.0 Å². The van der Waals surface area contributed by atoms with Crippen molar-refractivity contribution < 1.29 is 13.5 Å². The third kappa shape index (κ3) is 3.68. The normalized spacial score (nSPS) is 13.8. The fraction of sp³-hybridized carbons (Fsp3) is 0.417. The van der Waals surface area contributed by atoms with E-state index in [-0.39, 0.29) is 12.4 Å². The van der Waals surface area contributed by atoms with Gasteiger partial charge >= 0.3 is 0 Å². The standard InChI is InChI=1S/C12H14F2N2O/c1-3-16-12(2,7-15)8-17-11-5-4-9(13)6-10(11)14/h4-6,16H,3,8H2,1-2H3. The molecule has 17 heavy (non-hydrogen) atoms. The van der Waals surface area contributed by atoms with E-state index in [4.69, 9.17) is 10.00 Å². The summed E-state index contributed by atoms with van der Waals surface area (Å²) < 4.78 is 31.1. The number of nitriles is 1. The van der Waals surface area contributed by atoms with Gasteiger partial charge in [-0.05, 0) is 25.6 Å². The van der Waals surface area contributed by atoms with Crippen LogP contribution in [0.2, 0.25) is 0 Å². The maximum absolute atomic E-state index is 13.2. The second-order valence-electron chi connectivity index (χ2n) is 3.84. The van der Waals surface area contributed by atoms with Crippen molar-refractivity contribution in [2.75, 3.05) is 13.2 Å². The lowest BCUT2D eigenvalue weighted by atomic mass is 10.1. The lowest BCUT2D eigenvalue weighted by Gasteiger charge is -2.22.